The van der Waals surface area contributed by atoms with Gasteiger partial charge in [0, 0.05) is 5.56 Å². The number of carbonyl (C=O) groups excluding carboxylic acids is 1. The highest BCUT2D eigenvalue weighted by atomic mass is 35.5. The van der Waals surface area contributed by atoms with Crippen LogP contribution < -0.4 is 9.80 Å². The van der Waals surface area contributed by atoms with Gasteiger partial charge in [-0.1, -0.05) is 46.7 Å². The van der Waals surface area contributed by atoms with Crippen LogP contribution in [0.1, 0.15) is 15.9 Å². The second-order valence-corrected chi connectivity index (χ2v) is 7.78. The molecule has 0 spiro atoms. The van der Waals surface area contributed by atoms with Crippen molar-refractivity contribution in [2.45, 2.75) is 6.92 Å². The molecular weight excluding hydrogens is 354 g/mol. The highest BCUT2D eigenvalue weighted by molar-refractivity contribution is 7.22. The van der Waals surface area contributed by atoms with Gasteiger partial charge < -0.3 is 4.90 Å². The number of hydrogen-bond donors (Lipinski definition) is 1. The number of carbonyl (C=O) groups is 1. The zero-order chi connectivity index (χ0) is 18.0. The average molecular weight is 375 g/mol. The molecule has 25 heavy (non-hydrogen) atoms. The molecule has 3 rings (SSSR count). The predicted molar refractivity (Wildman–Crippen MR) is 105 cm³/mol. The third-order valence-corrected chi connectivity index (χ3v) is 5.28. The number of likely N-dealkylation sites (N-methyl/N-ethyl adjacent to an activating group) is 1. The van der Waals surface area contributed by atoms with Gasteiger partial charge in [-0.05, 0) is 31.2 Å². The van der Waals surface area contributed by atoms with Crippen LogP contribution in [0, 0.1) is 6.92 Å². The van der Waals surface area contributed by atoms with Crippen molar-refractivity contribution >= 4 is 44.2 Å². The van der Waals surface area contributed by atoms with E-state index in [1.807, 2.05) is 49.4 Å². The van der Waals surface area contributed by atoms with E-state index in [1.165, 1.54) is 16.2 Å². The van der Waals surface area contributed by atoms with E-state index < -0.39 is 0 Å². The molecule has 0 aliphatic heterocycles. The first-order valence-electron chi connectivity index (χ1n) is 8.18. The Bertz CT molecular complexity index is 907. The number of amides is 1. The molecule has 130 valence electrons. The van der Waals surface area contributed by atoms with E-state index >= 15 is 0 Å². The van der Waals surface area contributed by atoms with Gasteiger partial charge >= 0.3 is 0 Å². The number of aryl methyl sites for hydroxylation is 1. The number of aromatic nitrogens is 1. The van der Waals surface area contributed by atoms with Crippen LogP contribution in [0.5, 0.6) is 0 Å². The minimum Gasteiger partial charge on any atom is -0.338 e. The molecule has 2 aromatic carbocycles. The van der Waals surface area contributed by atoms with Crippen LogP contribution in [0.15, 0.2) is 42.5 Å². The van der Waals surface area contributed by atoms with Gasteiger partial charge in [0.05, 0.1) is 36.9 Å². The van der Waals surface area contributed by atoms with E-state index in [1.54, 1.807) is 4.90 Å². The maximum absolute atomic E-state index is 13.1. The van der Waals surface area contributed by atoms with Crippen molar-refractivity contribution in [2.75, 3.05) is 32.1 Å². The topological polar surface area (TPSA) is 37.6 Å². The van der Waals surface area contributed by atoms with E-state index in [4.69, 9.17) is 11.6 Å². The zero-order valence-corrected chi connectivity index (χ0v) is 16.1. The molecule has 0 saturated heterocycles. The molecule has 3 aromatic rings. The summed E-state index contributed by atoms with van der Waals surface area (Å²) >= 11 is 7.76. The second-order valence-electron chi connectivity index (χ2n) is 6.37. The van der Waals surface area contributed by atoms with Crippen molar-refractivity contribution in [3.05, 3.63) is 58.6 Å². The Kier molecular flexibility index (Phi) is 5.37. The lowest BCUT2D eigenvalue weighted by Crippen LogP contribution is -3.06. The Morgan fingerprint density at radius 3 is 2.68 bits per heavy atom. The summed E-state index contributed by atoms with van der Waals surface area (Å²) in [7, 11) is 4.15. The standard InChI is InChI=1S/C19H20ClN3OS/c1-13-6-4-7-14(12-13)18(24)23(11-10-22(2)3)19-21-17-15(20)8-5-9-16(17)25-19/h4-9,12H,10-11H2,1-3H3/p+1. The summed E-state index contributed by atoms with van der Waals surface area (Å²) in [6, 6.07) is 13.4. The number of hydrogen-bond acceptors (Lipinski definition) is 3. The molecule has 1 N–H and O–H groups in total. The van der Waals surface area contributed by atoms with Gasteiger partial charge in [0.25, 0.3) is 5.91 Å². The van der Waals surface area contributed by atoms with E-state index in [-0.39, 0.29) is 5.91 Å². The van der Waals surface area contributed by atoms with Crippen LogP contribution in [0.4, 0.5) is 5.13 Å². The average Bonchev–Trinajstić information content (AvgIpc) is 3.00. The van der Waals surface area contributed by atoms with Gasteiger partial charge in [0.15, 0.2) is 5.13 Å². The Morgan fingerprint density at radius 2 is 2.00 bits per heavy atom. The molecule has 1 aromatic heterocycles. The first-order chi connectivity index (χ1) is 12.0. The normalized spacial score (nSPS) is 11.2. The van der Waals surface area contributed by atoms with Crippen molar-refractivity contribution < 1.29 is 9.69 Å². The van der Waals surface area contributed by atoms with E-state index in [2.05, 4.69) is 19.1 Å². The molecule has 6 heteroatoms. The summed E-state index contributed by atoms with van der Waals surface area (Å²) in [5.41, 5.74) is 2.50. The summed E-state index contributed by atoms with van der Waals surface area (Å²) < 4.78 is 0.988. The quantitative estimate of drug-likeness (QED) is 0.745. The number of thiazole rings is 1. The molecule has 4 nitrogen and oxygen atoms in total. The van der Waals surface area contributed by atoms with E-state index in [9.17, 15) is 4.79 Å². The SMILES string of the molecule is Cc1cccc(C(=O)N(CC[NH+](C)C)c2nc3c(Cl)cccc3s2)c1. The summed E-state index contributed by atoms with van der Waals surface area (Å²) in [5.74, 6) is -0.0277. The van der Waals surface area contributed by atoms with Crippen LogP contribution in [0.3, 0.4) is 0 Å². The minimum absolute atomic E-state index is 0.0277. The van der Waals surface area contributed by atoms with Gasteiger partial charge in [0.2, 0.25) is 0 Å². The summed E-state index contributed by atoms with van der Waals surface area (Å²) in [5, 5.41) is 1.30. The second kappa shape index (κ2) is 7.52. The number of rotatable bonds is 5. The maximum Gasteiger partial charge on any atom is 0.260 e. The monoisotopic (exact) mass is 374 g/mol. The van der Waals surface area contributed by atoms with Crippen molar-refractivity contribution in [1.29, 1.82) is 0 Å². The van der Waals surface area contributed by atoms with Gasteiger partial charge in [-0.15, -0.1) is 0 Å². The largest absolute Gasteiger partial charge is 0.338 e. The lowest BCUT2D eigenvalue weighted by atomic mass is 10.1. The van der Waals surface area contributed by atoms with E-state index in [0.29, 0.717) is 22.3 Å². The number of nitrogens with one attached hydrogen (secondary N) is 1. The number of para-hydroxylation sites is 1. The predicted octanol–water partition coefficient (Wildman–Crippen LogP) is 3.05. The van der Waals surface area contributed by atoms with Crippen molar-refractivity contribution in [3.8, 4) is 0 Å². The third-order valence-electron chi connectivity index (χ3n) is 3.93. The number of nitrogens with zero attached hydrogens (tertiary/aromatic N) is 2. The summed E-state index contributed by atoms with van der Waals surface area (Å²) in [6.45, 7) is 3.43. The summed E-state index contributed by atoms with van der Waals surface area (Å²) in [4.78, 5) is 20.8. The fourth-order valence-corrected chi connectivity index (χ4v) is 3.86. The number of halogens is 1. The first kappa shape index (κ1) is 17.9. The molecule has 0 saturated carbocycles. The Balaban J connectivity index is 2.01. The fourth-order valence-electron chi connectivity index (χ4n) is 2.57. The molecule has 0 unspecified atom stereocenters. The lowest BCUT2D eigenvalue weighted by molar-refractivity contribution is -0.856. The Labute approximate surface area is 156 Å². The Morgan fingerprint density at radius 1 is 1.24 bits per heavy atom. The molecule has 0 aliphatic carbocycles. The van der Waals surface area contributed by atoms with Crippen LogP contribution in [0.2, 0.25) is 5.02 Å². The molecule has 0 aliphatic rings. The molecule has 0 bridgehead atoms. The van der Waals surface area contributed by atoms with Gasteiger partial charge in [-0.25, -0.2) is 4.98 Å². The number of fused-ring (bicyclic) bond motifs is 1. The lowest BCUT2D eigenvalue weighted by Gasteiger charge is -2.21. The van der Waals surface area contributed by atoms with Crippen molar-refractivity contribution in [2.24, 2.45) is 0 Å². The van der Waals surface area contributed by atoms with Crippen LogP contribution in [-0.4, -0.2) is 38.1 Å². The highest BCUT2D eigenvalue weighted by Crippen LogP contribution is 2.33. The smallest absolute Gasteiger partial charge is 0.260 e. The van der Waals surface area contributed by atoms with Crippen LogP contribution in [-0.2, 0) is 0 Å². The molecule has 0 atom stereocenters. The van der Waals surface area contributed by atoms with Crippen LogP contribution in [0.25, 0.3) is 10.2 Å². The Hall–Kier alpha value is -1.95. The zero-order valence-electron chi connectivity index (χ0n) is 14.5. The molecular formula is C19H21ClN3OS+. The number of anilines is 1. The summed E-state index contributed by atoms with van der Waals surface area (Å²) in [6.07, 6.45) is 0. The number of quaternary nitrogens is 1. The van der Waals surface area contributed by atoms with Crippen LogP contribution >= 0.6 is 22.9 Å². The number of benzene rings is 2. The van der Waals surface area contributed by atoms with Gasteiger partial charge in [-0.3, -0.25) is 9.69 Å². The highest BCUT2D eigenvalue weighted by Gasteiger charge is 2.22. The minimum atomic E-state index is -0.0277. The third kappa shape index (κ3) is 4.00. The van der Waals surface area contributed by atoms with Crippen molar-refractivity contribution in [3.63, 3.8) is 0 Å². The molecule has 1 heterocycles. The molecule has 0 radical (unpaired) electrons. The van der Waals surface area contributed by atoms with Gasteiger partial charge in [-0.2, -0.15) is 0 Å². The van der Waals surface area contributed by atoms with E-state index in [0.717, 1.165) is 22.3 Å². The first-order valence-corrected chi connectivity index (χ1v) is 9.38. The van der Waals surface area contributed by atoms with Gasteiger partial charge in [0.1, 0.15) is 5.52 Å². The van der Waals surface area contributed by atoms with Crippen molar-refractivity contribution in [1.82, 2.24) is 4.98 Å². The molecule has 0 fully saturated rings. The maximum atomic E-state index is 13.1. The molecule has 1 amide bonds. The fraction of sp³-hybridized carbons (Fsp3) is 0.263.